The number of H-pyrrole nitrogens is 2. The highest BCUT2D eigenvalue weighted by Gasteiger charge is 2.29. The van der Waals surface area contributed by atoms with Crippen molar-refractivity contribution in [2.75, 3.05) is 27.2 Å². The number of carbonyl (C=O) groups excluding carboxylic acids is 1. The van der Waals surface area contributed by atoms with Gasteiger partial charge in [-0.1, -0.05) is 0 Å². The Morgan fingerprint density at radius 2 is 2.08 bits per heavy atom. The number of rotatable bonds is 5. The molecule has 1 saturated heterocycles. The van der Waals surface area contributed by atoms with Crippen molar-refractivity contribution >= 4 is 5.91 Å². The van der Waals surface area contributed by atoms with Gasteiger partial charge < -0.3 is 19.5 Å². The Morgan fingerprint density at radius 1 is 1.31 bits per heavy atom. The number of hydrogen-bond acceptors (Lipinski definition) is 5. The topological polar surface area (TPSA) is 103 Å². The second-order valence-corrected chi connectivity index (χ2v) is 7.31. The van der Waals surface area contributed by atoms with Gasteiger partial charge in [0.05, 0.1) is 13.0 Å². The normalized spacial score (nSPS) is 17.9. The van der Waals surface area contributed by atoms with Crippen LogP contribution in [0.2, 0.25) is 0 Å². The summed E-state index contributed by atoms with van der Waals surface area (Å²) in [6.45, 7) is 3.87. The van der Waals surface area contributed by atoms with E-state index in [4.69, 9.17) is 0 Å². The van der Waals surface area contributed by atoms with E-state index in [2.05, 4.69) is 25.3 Å². The Labute approximate surface area is 152 Å². The van der Waals surface area contributed by atoms with Gasteiger partial charge in [-0.2, -0.15) is 0 Å². The third kappa shape index (κ3) is 3.72. The lowest BCUT2D eigenvalue weighted by atomic mass is 9.96. The summed E-state index contributed by atoms with van der Waals surface area (Å²) in [7, 11) is 5.98. The maximum absolute atomic E-state index is 12.7. The van der Waals surface area contributed by atoms with Crippen molar-refractivity contribution < 1.29 is 4.79 Å². The van der Waals surface area contributed by atoms with E-state index in [1.54, 1.807) is 6.92 Å². The zero-order valence-electron chi connectivity index (χ0n) is 15.9. The van der Waals surface area contributed by atoms with Crippen molar-refractivity contribution in [3.05, 3.63) is 33.3 Å². The molecule has 0 aliphatic carbocycles. The lowest BCUT2D eigenvalue weighted by molar-refractivity contribution is -0.131. The third-order valence-electron chi connectivity index (χ3n) is 5.01. The minimum absolute atomic E-state index is 0.0152. The first-order valence-corrected chi connectivity index (χ1v) is 8.93. The molecule has 0 saturated carbocycles. The highest BCUT2D eigenvalue weighted by Crippen LogP contribution is 2.26. The van der Waals surface area contributed by atoms with Crippen molar-refractivity contribution in [2.24, 2.45) is 7.05 Å². The zero-order valence-corrected chi connectivity index (χ0v) is 15.9. The molecule has 0 aromatic carbocycles. The number of hydrogen-bond donors (Lipinski definition) is 2. The monoisotopic (exact) mass is 361 g/mol. The van der Waals surface area contributed by atoms with Crippen LogP contribution in [0.25, 0.3) is 0 Å². The molecule has 1 aliphatic rings. The van der Waals surface area contributed by atoms with Crippen LogP contribution in [0.15, 0.2) is 4.79 Å². The van der Waals surface area contributed by atoms with Crippen LogP contribution in [0.1, 0.15) is 41.7 Å². The number of piperidine rings is 1. The SMILES string of the molecule is Cc1[nH][nH]c(=O)c1CC(=O)N1CCCC(c2nnc(CN(C)C)n2C)C1. The molecular formula is C17H27N7O2. The molecule has 2 aromatic rings. The molecule has 0 radical (unpaired) electrons. The lowest BCUT2D eigenvalue weighted by Crippen LogP contribution is -2.41. The number of aromatic amines is 2. The van der Waals surface area contributed by atoms with Gasteiger partial charge in [0, 0.05) is 37.3 Å². The molecule has 1 aliphatic heterocycles. The fourth-order valence-corrected chi connectivity index (χ4v) is 3.51. The summed E-state index contributed by atoms with van der Waals surface area (Å²) in [6, 6.07) is 0. The van der Waals surface area contributed by atoms with Crippen LogP contribution in [-0.4, -0.2) is 67.9 Å². The Morgan fingerprint density at radius 3 is 2.73 bits per heavy atom. The minimum Gasteiger partial charge on any atom is -0.342 e. The molecule has 9 heteroatoms. The first-order chi connectivity index (χ1) is 12.4. The predicted molar refractivity (Wildman–Crippen MR) is 96.8 cm³/mol. The van der Waals surface area contributed by atoms with Crippen LogP contribution in [0.3, 0.4) is 0 Å². The van der Waals surface area contributed by atoms with E-state index in [0.717, 1.165) is 43.3 Å². The van der Waals surface area contributed by atoms with Crippen molar-refractivity contribution in [1.82, 2.24) is 34.8 Å². The van der Waals surface area contributed by atoms with Gasteiger partial charge in [0.25, 0.3) is 5.56 Å². The number of aryl methyl sites for hydroxylation is 1. The molecule has 3 heterocycles. The van der Waals surface area contributed by atoms with Gasteiger partial charge in [0.2, 0.25) is 5.91 Å². The summed E-state index contributed by atoms with van der Waals surface area (Å²) < 4.78 is 2.04. The van der Waals surface area contributed by atoms with Crippen molar-refractivity contribution in [3.63, 3.8) is 0 Å². The molecule has 9 nitrogen and oxygen atoms in total. The maximum atomic E-state index is 12.7. The van der Waals surface area contributed by atoms with Crippen LogP contribution in [0, 0.1) is 6.92 Å². The molecule has 1 amide bonds. The summed E-state index contributed by atoms with van der Waals surface area (Å²) in [5, 5.41) is 14.0. The Bertz CT molecular complexity index is 833. The number of nitrogens with zero attached hydrogens (tertiary/aromatic N) is 5. The second-order valence-electron chi connectivity index (χ2n) is 7.31. The molecule has 2 aromatic heterocycles. The average molecular weight is 361 g/mol. The standard InChI is InChI=1S/C17H27N7O2/c1-11-13(17(26)21-18-11)8-15(25)24-7-5-6-12(9-24)16-20-19-14(23(16)4)10-22(2)3/h12H,5-10H2,1-4H3,(H2,18,21,26). The Balaban J connectivity index is 1.70. The van der Waals surface area contributed by atoms with Crippen LogP contribution in [0.4, 0.5) is 0 Å². The van der Waals surface area contributed by atoms with Gasteiger partial charge >= 0.3 is 0 Å². The zero-order chi connectivity index (χ0) is 18.8. The van der Waals surface area contributed by atoms with Gasteiger partial charge in [-0.05, 0) is 33.9 Å². The fourth-order valence-electron chi connectivity index (χ4n) is 3.51. The summed E-state index contributed by atoms with van der Waals surface area (Å²) >= 11 is 0. The van der Waals surface area contributed by atoms with Gasteiger partial charge in [-0.15, -0.1) is 10.2 Å². The van der Waals surface area contributed by atoms with Crippen LogP contribution < -0.4 is 5.56 Å². The summed E-state index contributed by atoms with van der Waals surface area (Å²) in [6.07, 6.45) is 2.04. The molecule has 1 atom stereocenters. The summed E-state index contributed by atoms with van der Waals surface area (Å²) in [4.78, 5) is 28.4. The van der Waals surface area contributed by atoms with E-state index in [-0.39, 0.29) is 23.8 Å². The Hall–Kier alpha value is -2.42. The van der Waals surface area contributed by atoms with Gasteiger partial charge in [0.1, 0.15) is 11.6 Å². The molecule has 1 unspecified atom stereocenters. The predicted octanol–water partition coefficient (Wildman–Crippen LogP) is 0.150. The first-order valence-electron chi connectivity index (χ1n) is 8.93. The van der Waals surface area contributed by atoms with E-state index in [0.29, 0.717) is 12.1 Å². The molecule has 1 fully saturated rings. The lowest BCUT2D eigenvalue weighted by Gasteiger charge is -2.32. The van der Waals surface area contributed by atoms with Gasteiger partial charge in [0.15, 0.2) is 0 Å². The largest absolute Gasteiger partial charge is 0.342 e. The van der Waals surface area contributed by atoms with Gasteiger partial charge in [-0.25, -0.2) is 0 Å². The molecule has 0 spiro atoms. The molecule has 142 valence electrons. The summed E-state index contributed by atoms with van der Waals surface area (Å²) in [5.74, 6) is 2.00. The van der Waals surface area contributed by atoms with Crippen LogP contribution in [-0.2, 0) is 24.8 Å². The van der Waals surface area contributed by atoms with Crippen molar-refractivity contribution in [2.45, 2.75) is 38.6 Å². The quantitative estimate of drug-likeness (QED) is 0.789. The fraction of sp³-hybridized carbons (Fsp3) is 0.647. The van der Waals surface area contributed by atoms with E-state index in [1.807, 2.05) is 30.6 Å². The molecular weight excluding hydrogens is 334 g/mol. The second kappa shape index (κ2) is 7.45. The number of nitrogens with one attached hydrogen (secondary N) is 2. The van der Waals surface area contributed by atoms with Crippen LogP contribution in [0.5, 0.6) is 0 Å². The van der Waals surface area contributed by atoms with E-state index in [9.17, 15) is 9.59 Å². The van der Waals surface area contributed by atoms with Crippen molar-refractivity contribution in [3.8, 4) is 0 Å². The van der Waals surface area contributed by atoms with Crippen molar-refractivity contribution in [1.29, 1.82) is 0 Å². The van der Waals surface area contributed by atoms with Gasteiger partial charge in [-0.3, -0.25) is 14.7 Å². The minimum atomic E-state index is -0.217. The number of aromatic nitrogens is 5. The smallest absolute Gasteiger partial charge is 0.267 e. The number of likely N-dealkylation sites (tertiary alicyclic amines) is 1. The molecule has 26 heavy (non-hydrogen) atoms. The average Bonchev–Trinajstić information content (AvgIpc) is 3.11. The highest BCUT2D eigenvalue weighted by atomic mass is 16.2. The number of amides is 1. The number of carbonyl (C=O) groups is 1. The van der Waals surface area contributed by atoms with E-state index in [1.165, 1.54) is 0 Å². The van der Waals surface area contributed by atoms with E-state index >= 15 is 0 Å². The molecule has 2 N–H and O–H groups in total. The highest BCUT2D eigenvalue weighted by molar-refractivity contribution is 5.79. The first kappa shape index (κ1) is 18.4. The van der Waals surface area contributed by atoms with Crippen LogP contribution >= 0.6 is 0 Å². The Kier molecular flexibility index (Phi) is 5.26. The summed E-state index contributed by atoms with van der Waals surface area (Å²) in [5.41, 5.74) is 1.02. The molecule has 3 rings (SSSR count). The third-order valence-corrected chi connectivity index (χ3v) is 5.01. The molecule has 0 bridgehead atoms. The van der Waals surface area contributed by atoms with E-state index < -0.39 is 0 Å². The maximum Gasteiger partial charge on any atom is 0.267 e.